The molecule has 44 heavy (non-hydrogen) atoms. The highest BCUT2D eigenvalue weighted by Gasteiger charge is 2.27. The highest BCUT2D eigenvalue weighted by Crippen LogP contribution is 2.24. The Morgan fingerprint density at radius 1 is 0.727 bits per heavy atom. The van der Waals surface area contributed by atoms with Crippen molar-refractivity contribution >= 4 is 17.6 Å². The van der Waals surface area contributed by atoms with Crippen molar-refractivity contribution in [2.45, 2.75) is 13.8 Å². The molecule has 0 aliphatic carbocycles. The van der Waals surface area contributed by atoms with Gasteiger partial charge in [-0.3, -0.25) is 9.59 Å². The highest BCUT2D eigenvalue weighted by atomic mass is 19.1. The van der Waals surface area contributed by atoms with Crippen LogP contribution in [-0.4, -0.2) is 95.6 Å². The number of halogens is 1. The summed E-state index contributed by atoms with van der Waals surface area (Å²) in [6.07, 6.45) is 0. The number of likely N-dealkylation sites (N-methyl/N-ethyl adjacent to an activating group) is 1. The Bertz CT molecular complexity index is 1520. The van der Waals surface area contributed by atoms with Crippen LogP contribution in [0.25, 0.3) is 22.4 Å². The van der Waals surface area contributed by atoms with Crippen molar-refractivity contribution in [1.82, 2.24) is 24.9 Å². The lowest BCUT2D eigenvalue weighted by molar-refractivity contribution is -0.132. The van der Waals surface area contributed by atoms with Crippen molar-refractivity contribution in [3.8, 4) is 22.4 Å². The zero-order chi connectivity index (χ0) is 30.9. The van der Waals surface area contributed by atoms with Crippen molar-refractivity contribution in [1.29, 1.82) is 0 Å². The van der Waals surface area contributed by atoms with Crippen LogP contribution in [0, 0.1) is 5.82 Å². The van der Waals surface area contributed by atoms with Crippen molar-refractivity contribution < 1.29 is 14.0 Å². The van der Waals surface area contributed by atoms with Crippen molar-refractivity contribution in [3.05, 3.63) is 102 Å². The van der Waals surface area contributed by atoms with Gasteiger partial charge in [-0.1, -0.05) is 80.6 Å². The van der Waals surface area contributed by atoms with Gasteiger partial charge < -0.3 is 19.6 Å². The average molecular weight is 595 g/mol. The second kappa shape index (κ2) is 14.7. The predicted molar refractivity (Wildman–Crippen MR) is 172 cm³/mol. The van der Waals surface area contributed by atoms with Crippen molar-refractivity contribution in [2.75, 3.05) is 63.8 Å². The predicted octanol–water partition coefficient (Wildman–Crippen LogP) is 5.08. The molecule has 5 rings (SSSR count). The Labute approximate surface area is 258 Å². The van der Waals surface area contributed by atoms with Gasteiger partial charge in [0.25, 0.3) is 5.91 Å². The van der Waals surface area contributed by atoms with Crippen molar-refractivity contribution in [2.24, 2.45) is 0 Å². The van der Waals surface area contributed by atoms with Gasteiger partial charge in [-0.25, -0.2) is 4.39 Å². The van der Waals surface area contributed by atoms with Gasteiger partial charge >= 0.3 is 0 Å². The topological polar surface area (TPSA) is 72.9 Å². The molecule has 8 nitrogen and oxygen atoms in total. The number of benzene rings is 3. The summed E-state index contributed by atoms with van der Waals surface area (Å²) < 4.78 is 14.5. The van der Waals surface area contributed by atoms with Crippen LogP contribution in [0.3, 0.4) is 0 Å². The molecule has 4 aromatic rings. The van der Waals surface area contributed by atoms with E-state index in [1.807, 2.05) is 30.3 Å². The fourth-order valence-corrected chi connectivity index (χ4v) is 5.42. The minimum Gasteiger partial charge on any atom is -0.352 e. The number of nitrogens with zero attached hydrogens (tertiary/aromatic N) is 6. The third-order valence-electron chi connectivity index (χ3n) is 8.19. The van der Waals surface area contributed by atoms with Crippen LogP contribution in [0.4, 0.5) is 10.2 Å². The third-order valence-corrected chi connectivity index (χ3v) is 8.19. The van der Waals surface area contributed by atoms with Gasteiger partial charge in [0.1, 0.15) is 12.4 Å². The van der Waals surface area contributed by atoms with E-state index in [1.54, 1.807) is 17.0 Å². The molecule has 1 saturated heterocycles. The molecule has 2 amide bonds. The van der Waals surface area contributed by atoms with Gasteiger partial charge in [-0.2, -0.15) is 0 Å². The number of hydrogen-bond donors (Lipinski definition) is 0. The number of amides is 2. The van der Waals surface area contributed by atoms with Gasteiger partial charge in [0.05, 0.1) is 11.3 Å². The van der Waals surface area contributed by atoms with E-state index < -0.39 is 11.7 Å². The minimum absolute atomic E-state index is 0.0150. The molecule has 0 spiro atoms. The van der Waals surface area contributed by atoms with E-state index in [0.717, 1.165) is 35.7 Å². The number of carbonyl (C=O) groups excluding carboxylic acids is 2. The molecule has 0 saturated carbocycles. The van der Waals surface area contributed by atoms with Crippen LogP contribution in [0.5, 0.6) is 0 Å². The average Bonchev–Trinajstić information content (AvgIpc) is 3.08. The molecule has 1 aliphatic rings. The van der Waals surface area contributed by atoms with Gasteiger partial charge in [-0.15, -0.1) is 10.2 Å². The smallest absolute Gasteiger partial charge is 0.257 e. The first-order valence-electron chi connectivity index (χ1n) is 15.2. The summed E-state index contributed by atoms with van der Waals surface area (Å²) in [6, 6.07) is 28.4. The molecular formula is C35H39FN6O2. The molecule has 0 atom stereocenters. The summed E-state index contributed by atoms with van der Waals surface area (Å²) in [4.78, 5) is 34.2. The second-order valence-corrected chi connectivity index (χ2v) is 10.8. The normalized spacial score (nSPS) is 13.3. The van der Waals surface area contributed by atoms with Crippen LogP contribution in [-0.2, 0) is 4.79 Å². The maximum Gasteiger partial charge on any atom is 0.257 e. The number of hydrogen-bond acceptors (Lipinski definition) is 6. The number of anilines is 1. The number of aromatic nitrogens is 2. The lowest BCUT2D eigenvalue weighted by Gasteiger charge is -2.36. The Morgan fingerprint density at radius 2 is 1.36 bits per heavy atom. The highest BCUT2D eigenvalue weighted by molar-refractivity contribution is 5.96. The fraction of sp³-hybridized carbons (Fsp3) is 0.314. The largest absolute Gasteiger partial charge is 0.352 e. The molecule has 0 N–H and O–H groups in total. The van der Waals surface area contributed by atoms with E-state index in [0.29, 0.717) is 39.3 Å². The molecule has 0 bridgehead atoms. The molecule has 0 radical (unpaired) electrons. The van der Waals surface area contributed by atoms with Crippen LogP contribution >= 0.6 is 0 Å². The summed E-state index contributed by atoms with van der Waals surface area (Å²) in [5.41, 5.74) is 4.09. The maximum atomic E-state index is 14.5. The van der Waals surface area contributed by atoms with Crippen LogP contribution in [0.2, 0.25) is 0 Å². The molecule has 3 aromatic carbocycles. The zero-order valence-corrected chi connectivity index (χ0v) is 25.4. The van der Waals surface area contributed by atoms with Crippen LogP contribution in [0.1, 0.15) is 24.2 Å². The summed E-state index contributed by atoms with van der Waals surface area (Å²) in [5, 5.41) is 8.95. The summed E-state index contributed by atoms with van der Waals surface area (Å²) in [7, 11) is 0. The summed E-state index contributed by atoms with van der Waals surface area (Å²) >= 11 is 0. The maximum absolute atomic E-state index is 14.5. The van der Waals surface area contributed by atoms with E-state index in [2.05, 4.69) is 70.2 Å². The van der Waals surface area contributed by atoms with E-state index >= 15 is 0 Å². The summed E-state index contributed by atoms with van der Waals surface area (Å²) in [6.45, 7) is 8.85. The number of piperazine rings is 1. The lowest BCUT2D eigenvalue weighted by atomic mass is 10.0. The Balaban J connectivity index is 1.18. The number of carbonyl (C=O) groups is 2. The molecule has 9 heteroatoms. The lowest BCUT2D eigenvalue weighted by Crippen LogP contribution is -2.52. The van der Waals surface area contributed by atoms with E-state index in [4.69, 9.17) is 0 Å². The van der Waals surface area contributed by atoms with Gasteiger partial charge in [0.2, 0.25) is 5.91 Å². The molecule has 1 fully saturated rings. The first-order chi connectivity index (χ1) is 21.5. The van der Waals surface area contributed by atoms with E-state index in [1.165, 1.54) is 22.6 Å². The third kappa shape index (κ3) is 7.47. The van der Waals surface area contributed by atoms with Gasteiger partial charge in [0, 0.05) is 44.8 Å². The quantitative estimate of drug-likeness (QED) is 0.241. The Hall–Kier alpha value is -4.63. The molecule has 228 valence electrons. The molecular weight excluding hydrogens is 555 g/mol. The summed E-state index contributed by atoms with van der Waals surface area (Å²) in [5.74, 6) is -0.429. The molecule has 1 aromatic heterocycles. The second-order valence-electron chi connectivity index (χ2n) is 10.8. The van der Waals surface area contributed by atoms with Crippen LogP contribution < -0.4 is 4.90 Å². The van der Waals surface area contributed by atoms with E-state index in [-0.39, 0.29) is 18.0 Å². The first-order valence-corrected chi connectivity index (χ1v) is 15.2. The zero-order valence-electron chi connectivity index (χ0n) is 25.4. The number of rotatable bonds is 11. The van der Waals surface area contributed by atoms with Gasteiger partial charge in [-0.05, 0) is 48.5 Å². The fourth-order valence-electron chi connectivity index (χ4n) is 5.42. The Kier molecular flexibility index (Phi) is 10.3. The van der Waals surface area contributed by atoms with Gasteiger partial charge in [0.15, 0.2) is 5.82 Å². The standard InChI is InChI=1S/C35H39FN6O2/c1-3-39(4-2)20-21-42(35(44)30-12-8-9-13-31(30)36)26-34(43)41-24-22-40(23-25-41)33-19-18-32(37-38-33)29-16-14-28(15-17-29)27-10-6-5-7-11-27/h5-19H,3-4,20-26H2,1-2H3. The van der Waals surface area contributed by atoms with Crippen LogP contribution in [0.15, 0.2) is 91.0 Å². The molecule has 1 aliphatic heterocycles. The Morgan fingerprint density at radius 3 is 2.00 bits per heavy atom. The van der Waals surface area contributed by atoms with E-state index in [9.17, 15) is 14.0 Å². The molecule has 0 unspecified atom stereocenters. The first kappa shape index (κ1) is 30.8. The SMILES string of the molecule is CCN(CC)CCN(CC(=O)N1CCN(c2ccc(-c3ccc(-c4ccccc4)cc3)nn2)CC1)C(=O)c1ccccc1F. The molecule has 2 heterocycles. The van der Waals surface area contributed by atoms with Crippen molar-refractivity contribution in [3.63, 3.8) is 0 Å². The monoisotopic (exact) mass is 594 g/mol. The minimum atomic E-state index is -0.581.